The second-order valence-corrected chi connectivity index (χ2v) is 6.48. The van der Waals surface area contributed by atoms with Crippen LogP contribution in [0, 0.1) is 0 Å². The van der Waals surface area contributed by atoms with E-state index in [1.807, 2.05) is 29.0 Å². The van der Waals surface area contributed by atoms with Crippen LogP contribution >= 0.6 is 23.1 Å². The molecule has 0 bridgehead atoms. The summed E-state index contributed by atoms with van der Waals surface area (Å²) in [7, 11) is 0. The third-order valence-electron chi connectivity index (χ3n) is 3.44. The van der Waals surface area contributed by atoms with Crippen molar-refractivity contribution < 1.29 is 9.59 Å². The van der Waals surface area contributed by atoms with Gasteiger partial charge in [0.15, 0.2) is 0 Å². The second-order valence-electron chi connectivity index (χ2n) is 4.63. The van der Waals surface area contributed by atoms with Crippen molar-refractivity contribution in [3.05, 3.63) is 22.4 Å². The van der Waals surface area contributed by atoms with Gasteiger partial charge in [0.1, 0.15) is 5.37 Å². The largest absolute Gasteiger partial charge is 0.341 e. The van der Waals surface area contributed by atoms with Gasteiger partial charge in [0.2, 0.25) is 11.8 Å². The highest BCUT2D eigenvalue weighted by molar-refractivity contribution is 8.00. The van der Waals surface area contributed by atoms with Gasteiger partial charge < -0.3 is 9.80 Å². The van der Waals surface area contributed by atoms with E-state index >= 15 is 0 Å². The van der Waals surface area contributed by atoms with E-state index in [0.29, 0.717) is 31.8 Å². The number of carbonyl (C=O) groups is 2. The van der Waals surface area contributed by atoms with Crippen LogP contribution < -0.4 is 0 Å². The maximum Gasteiger partial charge on any atom is 0.233 e. The predicted molar refractivity (Wildman–Crippen MR) is 83.8 cm³/mol. The van der Waals surface area contributed by atoms with Crippen LogP contribution in [0.5, 0.6) is 0 Å². The highest BCUT2D eigenvalue weighted by Crippen LogP contribution is 2.39. The number of hydrogen-bond donors (Lipinski definition) is 0. The molecule has 0 radical (unpaired) electrons. The van der Waals surface area contributed by atoms with Crippen LogP contribution in [-0.2, 0) is 9.59 Å². The molecule has 20 heavy (non-hydrogen) atoms. The van der Waals surface area contributed by atoms with Crippen LogP contribution in [0.25, 0.3) is 0 Å². The van der Waals surface area contributed by atoms with Crippen molar-refractivity contribution in [3.8, 4) is 0 Å². The Bertz CT molecular complexity index is 462. The fraction of sp³-hybridized carbons (Fsp3) is 0.571. The summed E-state index contributed by atoms with van der Waals surface area (Å²) in [5.41, 5.74) is 1.19. The van der Waals surface area contributed by atoms with Crippen LogP contribution in [0.1, 0.15) is 31.2 Å². The molecule has 1 aromatic heterocycles. The molecule has 1 aliphatic rings. The minimum Gasteiger partial charge on any atom is -0.341 e. The monoisotopic (exact) mass is 312 g/mol. The number of amides is 2. The summed E-state index contributed by atoms with van der Waals surface area (Å²) in [6.07, 6.45) is 0.518. The summed E-state index contributed by atoms with van der Waals surface area (Å²) in [5.74, 6) is 0.860. The summed E-state index contributed by atoms with van der Waals surface area (Å²) in [4.78, 5) is 27.5. The Hall–Kier alpha value is -1.01. The van der Waals surface area contributed by atoms with Gasteiger partial charge in [-0.05, 0) is 29.3 Å². The quantitative estimate of drug-likeness (QED) is 0.810. The van der Waals surface area contributed by atoms with Gasteiger partial charge >= 0.3 is 0 Å². The highest BCUT2D eigenvalue weighted by atomic mass is 32.2. The van der Waals surface area contributed by atoms with Crippen molar-refractivity contribution in [2.75, 3.05) is 25.4 Å². The van der Waals surface area contributed by atoms with E-state index in [0.717, 1.165) is 0 Å². The molecule has 2 rings (SSSR count). The molecule has 2 heterocycles. The van der Waals surface area contributed by atoms with Crippen LogP contribution in [0.15, 0.2) is 16.8 Å². The zero-order chi connectivity index (χ0) is 14.5. The zero-order valence-electron chi connectivity index (χ0n) is 11.9. The number of rotatable bonds is 6. The smallest absolute Gasteiger partial charge is 0.233 e. The first-order valence-corrected chi connectivity index (χ1v) is 8.87. The number of carbonyl (C=O) groups excluding carboxylic acids is 2. The van der Waals surface area contributed by atoms with E-state index in [1.54, 1.807) is 23.1 Å². The summed E-state index contributed by atoms with van der Waals surface area (Å²) >= 11 is 3.32. The van der Waals surface area contributed by atoms with Crippen molar-refractivity contribution >= 4 is 34.9 Å². The molecule has 2 amide bonds. The Balaban J connectivity index is 1.99. The Morgan fingerprint density at radius 3 is 2.90 bits per heavy atom. The standard InChI is InChI=1S/C14H20N2O2S2/c1-3-12(17)15(4-2)6-7-16-13(18)10-20-14(16)11-5-8-19-9-11/h5,8-9,14H,3-4,6-7,10H2,1-2H3/t14-/m1/s1. The van der Waals surface area contributed by atoms with Crippen LogP contribution in [0.4, 0.5) is 0 Å². The number of thioether (sulfide) groups is 1. The van der Waals surface area contributed by atoms with Gasteiger partial charge in [0.05, 0.1) is 5.75 Å². The maximum atomic E-state index is 12.0. The van der Waals surface area contributed by atoms with E-state index in [4.69, 9.17) is 0 Å². The molecule has 0 unspecified atom stereocenters. The summed E-state index contributed by atoms with van der Waals surface area (Å²) < 4.78 is 0. The Morgan fingerprint density at radius 2 is 2.30 bits per heavy atom. The van der Waals surface area contributed by atoms with Crippen LogP contribution in [0.2, 0.25) is 0 Å². The van der Waals surface area contributed by atoms with Crippen molar-refractivity contribution in [3.63, 3.8) is 0 Å². The predicted octanol–water partition coefficient (Wildman–Crippen LogP) is 2.58. The van der Waals surface area contributed by atoms with Gasteiger partial charge in [-0.3, -0.25) is 9.59 Å². The van der Waals surface area contributed by atoms with E-state index in [9.17, 15) is 9.59 Å². The van der Waals surface area contributed by atoms with Gasteiger partial charge in [-0.2, -0.15) is 11.3 Å². The van der Waals surface area contributed by atoms with Gasteiger partial charge in [0.25, 0.3) is 0 Å². The molecule has 110 valence electrons. The molecule has 4 nitrogen and oxygen atoms in total. The summed E-state index contributed by atoms with van der Waals surface area (Å²) in [5, 5.41) is 4.25. The molecule has 1 atom stereocenters. The maximum absolute atomic E-state index is 12.0. The molecule has 6 heteroatoms. The lowest BCUT2D eigenvalue weighted by Crippen LogP contribution is -2.39. The van der Waals surface area contributed by atoms with Crippen molar-refractivity contribution in [2.24, 2.45) is 0 Å². The number of likely N-dealkylation sites (N-methyl/N-ethyl adjacent to an activating group) is 1. The Labute approximate surface area is 128 Å². The molecular weight excluding hydrogens is 292 g/mol. The Kier molecular flexibility index (Phi) is 5.48. The van der Waals surface area contributed by atoms with Crippen molar-refractivity contribution in [1.82, 2.24) is 9.80 Å². The summed E-state index contributed by atoms with van der Waals surface area (Å²) in [6.45, 7) is 5.79. The van der Waals surface area contributed by atoms with Gasteiger partial charge in [-0.1, -0.05) is 6.92 Å². The van der Waals surface area contributed by atoms with E-state index in [1.165, 1.54) is 5.56 Å². The van der Waals surface area contributed by atoms with E-state index in [2.05, 4.69) is 11.4 Å². The SMILES string of the molecule is CCC(=O)N(CC)CCN1C(=O)CS[C@@H]1c1ccsc1. The normalized spacial score (nSPS) is 18.6. The summed E-state index contributed by atoms with van der Waals surface area (Å²) in [6, 6.07) is 2.07. The van der Waals surface area contributed by atoms with Gasteiger partial charge in [-0.15, -0.1) is 11.8 Å². The molecule has 0 aromatic carbocycles. The van der Waals surface area contributed by atoms with Crippen LogP contribution in [0.3, 0.4) is 0 Å². The number of thiophene rings is 1. The van der Waals surface area contributed by atoms with Crippen molar-refractivity contribution in [2.45, 2.75) is 25.6 Å². The molecule has 0 N–H and O–H groups in total. The van der Waals surface area contributed by atoms with Crippen LogP contribution in [-0.4, -0.2) is 47.0 Å². The molecular formula is C14H20N2O2S2. The van der Waals surface area contributed by atoms with Gasteiger partial charge in [0, 0.05) is 26.1 Å². The second kappa shape index (κ2) is 7.13. The third-order valence-corrected chi connectivity index (χ3v) is 5.40. The lowest BCUT2D eigenvalue weighted by atomic mass is 10.3. The first-order chi connectivity index (χ1) is 9.67. The number of hydrogen-bond acceptors (Lipinski definition) is 4. The van der Waals surface area contributed by atoms with Crippen molar-refractivity contribution in [1.29, 1.82) is 0 Å². The average Bonchev–Trinajstić information content (AvgIpc) is 3.09. The fourth-order valence-electron chi connectivity index (χ4n) is 2.30. The van der Waals surface area contributed by atoms with E-state index in [-0.39, 0.29) is 17.2 Å². The topological polar surface area (TPSA) is 40.6 Å². The fourth-order valence-corrected chi connectivity index (χ4v) is 4.27. The van der Waals surface area contributed by atoms with Gasteiger partial charge in [-0.25, -0.2) is 0 Å². The highest BCUT2D eigenvalue weighted by Gasteiger charge is 2.33. The molecule has 1 aromatic rings. The molecule has 0 spiro atoms. The minimum absolute atomic E-state index is 0.115. The Morgan fingerprint density at radius 1 is 1.50 bits per heavy atom. The lowest BCUT2D eigenvalue weighted by molar-refractivity contribution is -0.133. The number of nitrogens with zero attached hydrogens (tertiary/aromatic N) is 2. The van der Waals surface area contributed by atoms with E-state index < -0.39 is 0 Å². The molecule has 0 saturated carbocycles. The molecule has 1 fully saturated rings. The average molecular weight is 312 g/mol. The molecule has 1 aliphatic heterocycles. The molecule has 0 aliphatic carbocycles. The first-order valence-electron chi connectivity index (χ1n) is 6.88. The third kappa shape index (κ3) is 3.35. The molecule has 1 saturated heterocycles. The lowest BCUT2D eigenvalue weighted by Gasteiger charge is -2.27. The first kappa shape index (κ1) is 15.4. The zero-order valence-corrected chi connectivity index (χ0v) is 13.5. The minimum atomic E-state index is 0.115.